The fraction of sp³-hybridized carbons (Fsp3) is 0.308. The molecule has 0 amide bonds. The number of aromatic nitrogens is 4. The number of hydrogen-bond acceptors (Lipinski definition) is 4. The topological polar surface area (TPSA) is 60.7 Å². The third kappa shape index (κ3) is 2.05. The predicted octanol–water partition coefficient (Wildman–Crippen LogP) is 3.06. The summed E-state index contributed by atoms with van der Waals surface area (Å²) in [5.74, 6) is 0. The Labute approximate surface area is 127 Å². The lowest BCUT2D eigenvalue weighted by Gasteiger charge is -2.10. The average molecular weight is 353 g/mol. The molecular formula is C13H13BrN4OS. The number of fused-ring (bicyclic) bond motifs is 3. The first-order valence-corrected chi connectivity index (χ1v) is 8.49. The molecule has 0 saturated carbocycles. The molecule has 0 bridgehead atoms. The van der Waals surface area contributed by atoms with E-state index in [1.54, 1.807) is 12.5 Å². The number of nitrogens with zero attached hydrogens (tertiary/aromatic N) is 4. The third-order valence-corrected chi connectivity index (χ3v) is 4.45. The highest BCUT2D eigenvalue weighted by Crippen LogP contribution is 2.31. The summed E-state index contributed by atoms with van der Waals surface area (Å²) >= 11 is 3.54. The van der Waals surface area contributed by atoms with Crippen molar-refractivity contribution in [2.75, 3.05) is 6.26 Å². The van der Waals surface area contributed by atoms with Crippen molar-refractivity contribution in [3.05, 3.63) is 23.1 Å². The van der Waals surface area contributed by atoms with Gasteiger partial charge in [0.25, 0.3) is 0 Å². The Morgan fingerprint density at radius 2 is 2.05 bits per heavy atom. The van der Waals surface area contributed by atoms with Crippen LogP contribution in [0, 0.1) is 0 Å². The Morgan fingerprint density at radius 1 is 1.30 bits per heavy atom. The molecule has 3 rings (SSSR count). The monoisotopic (exact) mass is 352 g/mol. The molecule has 3 aromatic rings. The zero-order valence-corrected chi connectivity index (χ0v) is 13.7. The highest BCUT2D eigenvalue weighted by atomic mass is 79.9. The van der Waals surface area contributed by atoms with Crippen molar-refractivity contribution in [1.29, 1.82) is 0 Å². The van der Waals surface area contributed by atoms with Crippen LogP contribution in [0.4, 0.5) is 0 Å². The second kappa shape index (κ2) is 4.89. The summed E-state index contributed by atoms with van der Waals surface area (Å²) in [5, 5.41) is 1.25. The van der Waals surface area contributed by atoms with E-state index in [4.69, 9.17) is 0 Å². The first kappa shape index (κ1) is 13.6. The van der Waals surface area contributed by atoms with Crippen LogP contribution in [0.1, 0.15) is 19.9 Å². The summed E-state index contributed by atoms with van der Waals surface area (Å²) in [5.41, 5.74) is 2.59. The van der Waals surface area contributed by atoms with Gasteiger partial charge in [-0.1, -0.05) is 0 Å². The number of rotatable bonds is 2. The van der Waals surface area contributed by atoms with Crippen LogP contribution in [0.2, 0.25) is 0 Å². The maximum absolute atomic E-state index is 11.6. The molecule has 1 aromatic carbocycles. The summed E-state index contributed by atoms with van der Waals surface area (Å²) in [4.78, 5) is 13.1. The van der Waals surface area contributed by atoms with E-state index in [0.717, 1.165) is 26.4 Å². The Bertz CT molecular complexity index is 843. The highest BCUT2D eigenvalue weighted by Gasteiger charge is 2.15. The minimum absolute atomic E-state index is 0.267. The molecule has 2 aromatic heterocycles. The van der Waals surface area contributed by atoms with Gasteiger partial charge in [0.05, 0.1) is 22.6 Å². The maximum Gasteiger partial charge on any atom is 0.218 e. The number of imidazole rings is 1. The molecule has 0 aliphatic carbocycles. The summed E-state index contributed by atoms with van der Waals surface area (Å²) < 4.78 is 14.6. The van der Waals surface area contributed by atoms with E-state index in [1.807, 2.05) is 12.4 Å². The Hall–Kier alpha value is -1.34. The van der Waals surface area contributed by atoms with Gasteiger partial charge in [0.2, 0.25) is 5.16 Å². The van der Waals surface area contributed by atoms with Gasteiger partial charge in [-0.25, -0.2) is 15.0 Å². The van der Waals surface area contributed by atoms with Crippen LogP contribution in [0.5, 0.6) is 0 Å². The predicted molar refractivity (Wildman–Crippen MR) is 83.2 cm³/mol. The molecule has 1 unspecified atom stereocenters. The van der Waals surface area contributed by atoms with E-state index in [9.17, 15) is 4.21 Å². The number of hydrogen-bond donors (Lipinski definition) is 0. The maximum atomic E-state index is 11.6. The Balaban J connectivity index is 2.50. The van der Waals surface area contributed by atoms with E-state index < -0.39 is 10.8 Å². The molecule has 20 heavy (non-hydrogen) atoms. The van der Waals surface area contributed by atoms with Crippen molar-refractivity contribution in [3.8, 4) is 0 Å². The van der Waals surface area contributed by atoms with E-state index in [1.165, 1.54) is 0 Å². The molecule has 7 heteroatoms. The molecule has 5 nitrogen and oxygen atoms in total. The Kier molecular flexibility index (Phi) is 3.33. The molecule has 0 spiro atoms. The fourth-order valence-corrected chi connectivity index (χ4v) is 3.13. The van der Waals surface area contributed by atoms with Crippen molar-refractivity contribution in [3.63, 3.8) is 0 Å². The van der Waals surface area contributed by atoms with Crippen LogP contribution in [-0.4, -0.2) is 30.0 Å². The van der Waals surface area contributed by atoms with E-state index in [-0.39, 0.29) is 6.04 Å². The van der Waals surface area contributed by atoms with Gasteiger partial charge >= 0.3 is 0 Å². The lowest BCUT2D eigenvalue weighted by molar-refractivity contribution is 0.618. The summed E-state index contributed by atoms with van der Waals surface area (Å²) in [7, 11) is -1.20. The quantitative estimate of drug-likeness (QED) is 0.665. The second-order valence-electron chi connectivity index (χ2n) is 4.85. The van der Waals surface area contributed by atoms with E-state index in [0.29, 0.717) is 5.16 Å². The van der Waals surface area contributed by atoms with Gasteiger partial charge in [-0.3, -0.25) is 4.21 Å². The van der Waals surface area contributed by atoms with Gasteiger partial charge < -0.3 is 4.57 Å². The van der Waals surface area contributed by atoms with Gasteiger partial charge in [-0.2, -0.15) is 0 Å². The van der Waals surface area contributed by atoms with Crippen LogP contribution < -0.4 is 0 Å². The summed E-state index contributed by atoms with van der Waals surface area (Å²) in [6.45, 7) is 4.18. The first-order chi connectivity index (χ1) is 9.49. The zero-order valence-electron chi connectivity index (χ0n) is 11.3. The normalized spacial score (nSPS) is 13.4. The summed E-state index contributed by atoms with van der Waals surface area (Å²) in [6.07, 6.45) is 5.10. The van der Waals surface area contributed by atoms with Crippen LogP contribution in [0.3, 0.4) is 0 Å². The molecule has 0 N–H and O–H groups in total. The molecule has 0 radical (unpaired) electrons. The zero-order chi connectivity index (χ0) is 14.4. The molecule has 1 atom stereocenters. The van der Waals surface area contributed by atoms with Crippen molar-refractivity contribution in [2.24, 2.45) is 0 Å². The van der Waals surface area contributed by atoms with Gasteiger partial charge in [0.1, 0.15) is 11.0 Å². The van der Waals surface area contributed by atoms with Gasteiger partial charge in [0, 0.05) is 28.4 Å². The van der Waals surface area contributed by atoms with Crippen LogP contribution in [-0.2, 0) is 10.8 Å². The van der Waals surface area contributed by atoms with E-state index >= 15 is 0 Å². The first-order valence-electron chi connectivity index (χ1n) is 6.14. The second-order valence-corrected chi connectivity index (χ2v) is 6.97. The molecular weight excluding hydrogens is 340 g/mol. The highest BCUT2D eigenvalue weighted by molar-refractivity contribution is 9.10. The van der Waals surface area contributed by atoms with Crippen molar-refractivity contribution < 1.29 is 4.21 Å². The molecule has 104 valence electrons. The standard InChI is InChI=1S/C13H13BrN4OS/c1-7(2)18-6-16-11-9(14)4-8-5-15-13(20(3)19)17-10(8)12(11)18/h4-7H,1-3H3. The van der Waals surface area contributed by atoms with Gasteiger partial charge in [0.15, 0.2) is 0 Å². The molecule has 0 aliphatic rings. The smallest absolute Gasteiger partial charge is 0.218 e. The minimum Gasteiger partial charge on any atom is -0.326 e. The van der Waals surface area contributed by atoms with E-state index in [2.05, 4.69) is 49.3 Å². The molecule has 0 aliphatic heterocycles. The van der Waals surface area contributed by atoms with Crippen LogP contribution in [0.15, 0.2) is 28.2 Å². The SMILES string of the molecule is CC(C)n1cnc2c(Br)cc3cnc(S(C)=O)nc3c21. The largest absolute Gasteiger partial charge is 0.326 e. The summed E-state index contributed by atoms with van der Waals surface area (Å²) in [6, 6.07) is 2.21. The fourth-order valence-electron chi connectivity index (χ4n) is 2.18. The van der Waals surface area contributed by atoms with Gasteiger partial charge in [-0.05, 0) is 35.8 Å². The molecule has 0 fully saturated rings. The van der Waals surface area contributed by atoms with Crippen molar-refractivity contribution in [1.82, 2.24) is 19.5 Å². The molecule has 2 heterocycles. The third-order valence-electron chi connectivity index (χ3n) is 3.13. The van der Waals surface area contributed by atoms with Gasteiger partial charge in [-0.15, -0.1) is 0 Å². The molecule has 0 saturated heterocycles. The average Bonchev–Trinajstić information content (AvgIpc) is 2.84. The lowest BCUT2D eigenvalue weighted by atomic mass is 10.2. The van der Waals surface area contributed by atoms with Crippen molar-refractivity contribution in [2.45, 2.75) is 25.0 Å². The number of halogens is 1. The van der Waals surface area contributed by atoms with Crippen LogP contribution >= 0.6 is 15.9 Å². The van der Waals surface area contributed by atoms with Crippen LogP contribution in [0.25, 0.3) is 21.9 Å². The van der Waals surface area contributed by atoms with Crippen molar-refractivity contribution >= 4 is 48.7 Å². The Morgan fingerprint density at radius 3 is 2.70 bits per heavy atom. The minimum atomic E-state index is -1.20. The number of benzene rings is 1. The lowest BCUT2D eigenvalue weighted by Crippen LogP contribution is -2.02.